The number of aryl methyl sites for hydroxylation is 1. The topological polar surface area (TPSA) is 45.8 Å². The highest BCUT2D eigenvalue weighted by atomic mass is 32.2. The van der Waals surface area contributed by atoms with Crippen molar-refractivity contribution < 1.29 is 0 Å². The van der Waals surface area contributed by atoms with E-state index < -0.39 is 0 Å². The average molecular weight is 240 g/mol. The number of hydrogen-bond donors (Lipinski definition) is 1. The van der Waals surface area contributed by atoms with Crippen LogP contribution in [0.2, 0.25) is 0 Å². The number of nitrogens with one attached hydrogen (secondary N) is 1. The third-order valence-electron chi connectivity index (χ3n) is 2.27. The van der Waals surface area contributed by atoms with E-state index in [4.69, 9.17) is 0 Å². The SMILES string of the molecule is CCc1c(C)nc(CSC(C)(C)C)[nH]c1=O. The van der Waals surface area contributed by atoms with Gasteiger partial charge in [0.2, 0.25) is 0 Å². The molecule has 0 aromatic carbocycles. The molecule has 0 amide bonds. The molecule has 16 heavy (non-hydrogen) atoms. The van der Waals surface area contributed by atoms with Gasteiger partial charge in [-0.1, -0.05) is 27.7 Å². The molecule has 0 saturated carbocycles. The molecule has 0 unspecified atom stereocenters. The maximum Gasteiger partial charge on any atom is 0.254 e. The van der Waals surface area contributed by atoms with Gasteiger partial charge in [-0.25, -0.2) is 4.98 Å². The van der Waals surface area contributed by atoms with Crippen molar-refractivity contribution in [2.45, 2.75) is 51.5 Å². The summed E-state index contributed by atoms with van der Waals surface area (Å²) in [5.41, 5.74) is 1.67. The van der Waals surface area contributed by atoms with Crippen LogP contribution in [0.15, 0.2) is 4.79 Å². The normalized spacial score (nSPS) is 11.8. The van der Waals surface area contributed by atoms with Gasteiger partial charge in [-0.2, -0.15) is 0 Å². The number of aromatic amines is 1. The Bertz CT molecular complexity index is 418. The Morgan fingerprint density at radius 3 is 2.44 bits per heavy atom. The maximum absolute atomic E-state index is 11.7. The van der Waals surface area contributed by atoms with Gasteiger partial charge in [-0.15, -0.1) is 11.8 Å². The van der Waals surface area contributed by atoms with E-state index in [1.165, 1.54) is 0 Å². The predicted molar refractivity (Wildman–Crippen MR) is 70.0 cm³/mol. The van der Waals surface area contributed by atoms with Gasteiger partial charge in [-0.3, -0.25) is 4.79 Å². The Morgan fingerprint density at radius 1 is 1.38 bits per heavy atom. The standard InChI is InChI=1S/C12H20N2OS/c1-6-9-8(2)13-10(14-11(9)15)7-16-12(3,4)5/h6-7H2,1-5H3,(H,13,14,15). The molecule has 1 N–H and O–H groups in total. The molecule has 0 saturated heterocycles. The maximum atomic E-state index is 11.7. The van der Waals surface area contributed by atoms with E-state index >= 15 is 0 Å². The molecule has 1 rings (SSSR count). The molecule has 0 aliphatic carbocycles. The molecule has 1 aromatic rings. The van der Waals surface area contributed by atoms with Crippen LogP contribution in [0.4, 0.5) is 0 Å². The first-order valence-electron chi connectivity index (χ1n) is 5.56. The van der Waals surface area contributed by atoms with E-state index in [1.807, 2.05) is 13.8 Å². The molecular weight excluding hydrogens is 220 g/mol. The lowest BCUT2D eigenvalue weighted by Gasteiger charge is -2.17. The summed E-state index contributed by atoms with van der Waals surface area (Å²) in [7, 11) is 0. The van der Waals surface area contributed by atoms with E-state index in [1.54, 1.807) is 11.8 Å². The van der Waals surface area contributed by atoms with Crippen LogP contribution < -0.4 is 5.56 Å². The number of rotatable bonds is 3. The van der Waals surface area contributed by atoms with Crippen molar-refractivity contribution in [2.24, 2.45) is 0 Å². The van der Waals surface area contributed by atoms with Gasteiger partial charge >= 0.3 is 0 Å². The fraction of sp³-hybridized carbons (Fsp3) is 0.667. The smallest absolute Gasteiger partial charge is 0.254 e. The van der Waals surface area contributed by atoms with Gasteiger partial charge < -0.3 is 4.98 Å². The van der Waals surface area contributed by atoms with E-state index in [-0.39, 0.29) is 10.3 Å². The number of thioether (sulfide) groups is 1. The first kappa shape index (κ1) is 13.3. The van der Waals surface area contributed by atoms with Crippen LogP contribution in [0, 0.1) is 6.92 Å². The van der Waals surface area contributed by atoms with Crippen LogP contribution in [-0.4, -0.2) is 14.7 Å². The van der Waals surface area contributed by atoms with E-state index in [0.29, 0.717) is 0 Å². The second-order valence-corrected chi connectivity index (χ2v) is 6.63. The quantitative estimate of drug-likeness (QED) is 0.883. The Morgan fingerprint density at radius 2 is 2.00 bits per heavy atom. The number of aromatic nitrogens is 2. The van der Waals surface area contributed by atoms with Crippen molar-refractivity contribution in [1.29, 1.82) is 0 Å². The van der Waals surface area contributed by atoms with Gasteiger partial charge in [0.05, 0.1) is 5.75 Å². The summed E-state index contributed by atoms with van der Waals surface area (Å²) in [4.78, 5) is 19.0. The van der Waals surface area contributed by atoms with Gasteiger partial charge in [0.15, 0.2) is 0 Å². The highest BCUT2D eigenvalue weighted by Crippen LogP contribution is 2.25. The molecule has 3 nitrogen and oxygen atoms in total. The molecule has 4 heteroatoms. The lowest BCUT2D eigenvalue weighted by Crippen LogP contribution is -2.19. The van der Waals surface area contributed by atoms with Crippen LogP contribution >= 0.6 is 11.8 Å². The third-order valence-corrected chi connectivity index (χ3v) is 3.55. The Labute approximate surface area is 101 Å². The van der Waals surface area contributed by atoms with Gasteiger partial charge in [-0.05, 0) is 13.3 Å². The molecule has 0 fully saturated rings. The molecule has 0 spiro atoms. The summed E-state index contributed by atoms with van der Waals surface area (Å²) in [6.45, 7) is 10.3. The lowest BCUT2D eigenvalue weighted by molar-refractivity contribution is 0.798. The second-order valence-electron chi connectivity index (χ2n) is 4.83. The molecule has 0 aliphatic heterocycles. The fourth-order valence-electron chi connectivity index (χ4n) is 1.44. The van der Waals surface area contributed by atoms with Gasteiger partial charge in [0.1, 0.15) is 5.82 Å². The molecule has 1 aromatic heterocycles. The Hall–Kier alpha value is -0.770. The monoisotopic (exact) mass is 240 g/mol. The zero-order chi connectivity index (χ0) is 12.3. The van der Waals surface area contributed by atoms with E-state index in [2.05, 4.69) is 30.7 Å². The Balaban J connectivity index is 2.88. The Kier molecular flexibility index (Phi) is 4.19. The summed E-state index contributed by atoms with van der Waals surface area (Å²) >= 11 is 1.78. The molecular formula is C12H20N2OS. The van der Waals surface area contributed by atoms with Crippen molar-refractivity contribution in [3.63, 3.8) is 0 Å². The van der Waals surface area contributed by atoms with Crippen LogP contribution in [0.1, 0.15) is 44.8 Å². The first-order valence-corrected chi connectivity index (χ1v) is 6.54. The number of nitrogens with zero attached hydrogens (tertiary/aromatic N) is 1. The second kappa shape index (κ2) is 5.04. The van der Waals surface area contributed by atoms with Crippen LogP contribution in [0.25, 0.3) is 0 Å². The summed E-state index contributed by atoms with van der Waals surface area (Å²) in [6, 6.07) is 0. The third kappa shape index (κ3) is 3.67. The molecule has 0 radical (unpaired) electrons. The number of hydrogen-bond acceptors (Lipinski definition) is 3. The molecule has 0 aliphatic rings. The molecule has 90 valence electrons. The summed E-state index contributed by atoms with van der Waals surface area (Å²) < 4.78 is 0.190. The molecule has 1 heterocycles. The van der Waals surface area contributed by atoms with Crippen molar-refractivity contribution in [1.82, 2.24) is 9.97 Å². The van der Waals surface area contributed by atoms with Crippen LogP contribution in [0.5, 0.6) is 0 Å². The minimum atomic E-state index is 0.0134. The minimum Gasteiger partial charge on any atom is -0.310 e. The minimum absolute atomic E-state index is 0.0134. The zero-order valence-corrected chi connectivity index (χ0v) is 11.5. The highest BCUT2D eigenvalue weighted by molar-refractivity contribution is 7.99. The van der Waals surface area contributed by atoms with Crippen LogP contribution in [-0.2, 0) is 12.2 Å². The summed E-state index contributed by atoms with van der Waals surface area (Å²) in [5, 5.41) is 0. The lowest BCUT2D eigenvalue weighted by atomic mass is 10.2. The summed E-state index contributed by atoms with van der Waals surface area (Å²) in [6.07, 6.45) is 0.737. The van der Waals surface area contributed by atoms with Crippen LogP contribution in [0.3, 0.4) is 0 Å². The molecule has 0 atom stereocenters. The average Bonchev–Trinajstić information content (AvgIpc) is 2.13. The summed E-state index contributed by atoms with van der Waals surface area (Å²) in [5.74, 6) is 1.53. The van der Waals surface area contributed by atoms with Crippen molar-refractivity contribution in [3.05, 3.63) is 27.4 Å². The largest absolute Gasteiger partial charge is 0.310 e. The highest BCUT2D eigenvalue weighted by Gasteiger charge is 2.12. The predicted octanol–water partition coefficient (Wildman–Crippen LogP) is 2.67. The van der Waals surface area contributed by atoms with Crippen molar-refractivity contribution in [3.8, 4) is 0 Å². The van der Waals surface area contributed by atoms with Gasteiger partial charge in [0.25, 0.3) is 5.56 Å². The fourth-order valence-corrected chi connectivity index (χ4v) is 2.14. The van der Waals surface area contributed by atoms with E-state index in [0.717, 1.165) is 29.3 Å². The zero-order valence-electron chi connectivity index (χ0n) is 10.7. The first-order chi connectivity index (χ1) is 7.33. The number of H-pyrrole nitrogens is 1. The van der Waals surface area contributed by atoms with Gasteiger partial charge in [0, 0.05) is 16.0 Å². The van der Waals surface area contributed by atoms with Crippen molar-refractivity contribution >= 4 is 11.8 Å². The van der Waals surface area contributed by atoms with Crippen molar-refractivity contribution in [2.75, 3.05) is 0 Å². The van der Waals surface area contributed by atoms with E-state index in [9.17, 15) is 4.79 Å². The molecule has 0 bridgehead atoms.